The quantitative estimate of drug-likeness (QED) is 0.169. The average Bonchev–Trinajstić information content (AvgIpc) is 3.85. The number of para-hydroxylation sites is 3. The summed E-state index contributed by atoms with van der Waals surface area (Å²) in [6, 6.07) is 70.7. The number of fused-ring (bicyclic) bond motifs is 7. The molecule has 8 aromatic carbocycles. The van der Waals surface area contributed by atoms with Crippen LogP contribution in [0, 0.1) is 22.7 Å². The van der Waals surface area contributed by atoms with Crippen LogP contribution in [-0.4, -0.2) is 19.1 Å². The van der Waals surface area contributed by atoms with Gasteiger partial charge in [0.25, 0.3) is 0 Å². The maximum absolute atomic E-state index is 10.9. The molecule has 0 aliphatic carbocycles. The van der Waals surface area contributed by atoms with E-state index in [0.717, 1.165) is 71.9 Å². The van der Waals surface area contributed by atoms with Crippen molar-refractivity contribution >= 4 is 43.6 Å². The Labute approximate surface area is 345 Å². The van der Waals surface area contributed by atoms with Gasteiger partial charge in [0.1, 0.15) is 11.6 Å². The van der Waals surface area contributed by atoms with Crippen molar-refractivity contribution in [2.45, 2.75) is 0 Å². The van der Waals surface area contributed by atoms with E-state index >= 15 is 0 Å². The zero-order valence-electron chi connectivity index (χ0n) is 32.2. The summed E-state index contributed by atoms with van der Waals surface area (Å²) in [5.41, 5.74) is 12.4. The van der Waals surface area contributed by atoms with Crippen LogP contribution in [0.2, 0.25) is 0 Å². The lowest BCUT2D eigenvalue weighted by Gasteiger charge is -2.14. The van der Waals surface area contributed by atoms with Gasteiger partial charge in [0.2, 0.25) is 0 Å². The zero-order valence-corrected chi connectivity index (χ0v) is 32.2. The van der Waals surface area contributed by atoms with E-state index < -0.39 is 0 Å². The summed E-state index contributed by atoms with van der Waals surface area (Å²) in [6.07, 6.45) is 0. The summed E-state index contributed by atoms with van der Waals surface area (Å²) in [5.74, 6) is 0.503. The second kappa shape index (κ2) is 14.1. The molecule has 0 aliphatic heterocycles. The Morgan fingerprint density at radius 3 is 1.62 bits per heavy atom. The van der Waals surface area contributed by atoms with Gasteiger partial charge in [-0.3, -0.25) is 0 Å². The van der Waals surface area contributed by atoms with E-state index in [9.17, 15) is 10.5 Å². The molecule has 3 heterocycles. The fourth-order valence-electron chi connectivity index (χ4n) is 8.83. The SMILES string of the molecule is N#Cc1cc(-c2nc(-c3ccccc3)nc(-c3ccccc3)c2C#N)ccc1-c1cccc2c1c1ccc3c4ccccc4n(-c4ccccc4)c3c1n2-c1ccccc1. The zero-order chi connectivity index (χ0) is 40.2. The van der Waals surface area contributed by atoms with E-state index in [4.69, 9.17) is 9.97 Å². The smallest absolute Gasteiger partial charge is 0.160 e. The van der Waals surface area contributed by atoms with Crippen LogP contribution < -0.4 is 0 Å². The fourth-order valence-corrected chi connectivity index (χ4v) is 8.83. The predicted octanol–water partition coefficient (Wildman–Crippen LogP) is 13.1. The van der Waals surface area contributed by atoms with E-state index in [1.54, 1.807) is 0 Å². The molecule has 6 heteroatoms. The van der Waals surface area contributed by atoms with Crippen molar-refractivity contribution in [3.8, 4) is 68.5 Å². The molecule has 3 aromatic heterocycles. The molecule has 0 bridgehead atoms. The third-order valence-corrected chi connectivity index (χ3v) is 11.4. The number of rotatable bonds is 6. The molecule has 60 heavy (non-hydrogen) atoms. The summed E-state index contributed by atoms with van der Waals surface area (Å²) in [4.78, 5) is 9.93. The molecular formula is C54H32N6. The number of nitrogens with zero attached hydrogens (tertiary/aromatic N) is 6. The molecule has 0 saturated carbocycles. The Kier molecular flexibility index (Phi) is 8.15. The van der Waals surface area contributed by atoms with Crippen LogP contribution in [0.25, 0.3) is 100 Å². The molecule has 0 saturated heterocycles. The summed E-state index contributed by atoms with van der Waals surface area (Å²) in [5, 5.41) is 26.1. The number of hydrogen-bond acceptors (Lipinski definition) is 4. The first-order chi connectivity index (χ1) is 29.7. The van der Waals surface area contributed by atoms with Gasteiger partial charge in [-0.25, -0.2) is 9.97 Å². The van der Waals surface area contributed by atoms with E-state index in [1.165, 1.54) is 5.39 Å². The highest BCUT2D eigenvalue weighted by atomic mass is 15.0. The van der Waals surface area contributed by atoms with Crippen LogP contribution in [0.4, 0.5) is 0 Å². The van der Waals surface area contributed by atoms with Gasteiger partial charge in [-0.05, 0) is 48.0 Å². The van der Waals surface area contributed by atoms with Gasteiger partial charge < -0.3 is 9.13 Å². The topological polar surface area (TPSA) is 83.2 Å². The third-order valence-electron chi connectivity index (χ3n) is 11.4. The summed E-state index contributed by atoms with van der Waals surface area (Å²) < 4.78 is 4.74. The molecule has 0 aliphatic rings. The van der Waals surface area contributed by atoms with E-state index in [-0.39, 0.29) is 0 Å². The van der Waals surface area contributed by atoms with Crippen LogP contribution in [0.3, 0.4) is 0 Å². The molecule has 11 rings (SSSR count). The predicted molar refractivity (Wildman–Crippen MR) is 242 cm³/mol. The summed E-state index contributed by atoms with van der Waals surface area (Å²) >= 11 is 0. The lowest BCUT2D eigenvalue weighted by Crippen LogP contribution is -2.01. The van der Waals surface area contributed by atoms with Crippen molar-refractivity contribution in [1.29, 1.82) is 10.5 Å². The van der Waals surface area contributed by atoms with E-state index in [1.807, 2.05) is 84.9 Å². The van der Waals surface area contributed by atoms with Gasteiger partial charge in [0.15, 0.2) is 5.82 Å². The lowest BCUT2D eigenvalue weighted by atomic mass is 9.92. The van der Waals surface area contributed by atoms with Gasteiger partial charge in [-0.1, -0.05) is 152 Å². The fraction of sp³-hybridized carbons (Fsp3) is 0. The minimum absolute atomic E-state index is 0.350. The van der Waals surface area contributed by atoms with Crippen LogP contribution >= 0.6 is 0 Å². The van der Waals surface area contributed by atoms with Crippen molar-refractivity contribution in [3.05, 3.63) is 205 Å². The summed E-state index contributed by atoms with van der Waals surface area (Å²) in [6.45, 7) is 0. The Morgan fingerprint density at radius 2 is 0.950 bits per heavy atom. The largest absolute Gasteiger partial charge is 0.307 e. The van der Waals surface area contributed by atoms with Crippen molar-refractivity contribution in [2.75, 3.05) is 0 Å². The number of nitriles is 2. The van der Waals surface area contributed by atoms with Crippen molar-refractivity contribution in [3.63, 3.8) is 0 Å². The van der Waals surface area contributed by atoms with Crippen molar-refractivity contribution < 1.29 is 0 Å². The van der Waals surface area contributed by atoms with Crippen molar-refractivity contribution in [1.82, 2.24) is 19.1 Å². The molecule has 0 spiro atoms. The van der Waals surface area contributed by atoms with Gasteiger partial charge in [0.05, 0.1) is 45.1 Å². The Bertz CT molecular complexity index is 3540. The maximum atomic E-state index is 10.9. The Morgan fingerprint density at radius 1 is 0.400 bits per heavy atom. The molecule has 6 nitrogen and oxygen atoms in total. The monoisotopic (exact) mass is 764 g/mol. The second-order valence-electron chi connectivity index (χ2n) is 14.8. The molecule has 0 radical (unpaired) electrons. The first-order valence-electron chi connectivity index (χ1n) is 19.8. The number of hydrogen-bond donors (Lipinski definition) is 0. The van der Waals surface area contributed by atoms with Gasteiger partial charge in [-0.2, -0.15) is 10.5 Å². The van der Waals surface area contributed by atoms with Crippen LogP contribution in [0.5, 0.6) is 0 Å². The number of aromatic nitrogens is 4. The highest BCUT2D eigenvalue weighted by Crippen LogP contribution is 2.45. The molecule has 0 atom stereocenters. The molecule has 0 fully saturated rings. The Balaban J connectivity index is 1.19. The first kappa shape index (κ1) is 34.7. The van der Waals surface area contributed by atoms with E-state index in [2.05, 4.69) is 130 Å². The number of benzene rings is 8. The van der Waals surface area contributed by atoms with Gasteiger partial charge in [-0.15, -0.1) is 0 Å². The maximum Gasteiger partial charge on any atom is 0.160 e. The summed E-state index contributed by atoms with van der Waals surface area (Å²) in [7, 11) is 0. The molecule has 278 valence electrons. The van der Waals surface area contributed by atoms with Crippen molar-refractivity contribution in [2.24, 2.45) is 0 Å². The van der Waals surface area contributed by atoms with Crippen LogP contribution in [-0.2, 0) is 0 Å². The highest BCUT2D eigenvalue weighted by Gasteiger charge is 2.25. The average molecular weight is 765 g/mol. The Hall–Kier alpha value is -8.58. The van der Waals surface area contributed by atoms with Gasteiger partial charge >= 0.3 is 0 Å². The second-order valence-corrected chi connectivity index (χ2v) is 14.8. The minimum Gasteiger partial charge on any atom is -0.307 e. The van der Waals surface area contributed by atoms with E-state index in [0.29, 0.717) is 33.9 Å². The molecule has 0 N–H and O–H groups in total. The minimum atomic E-state index is 0.350. The first-order valence-corrected chi connectivity index (χ1v) is 19.8. The standard InChI is InChI=1S/C54H32N6/c55-33-38-32-37(51-46(34-56)50(35-16-5-1-6-17-35)57-54(58-51)36-18-7-2-8-19-36)28-29-41(38)43-25-15-27-48-49(43)45-31-30-44-42-24-13-14-26-47(42)59(39-20-9-3-10-21-39)52(44)53(45)60(48)40-22-11-4-12-23-40/h1-32H. The van der Waals surface area contributed by atoms with Crippen LogP contribution in [0.15, 0.2) is 194 Å². The molecule has 0 amide bonds. The highest BCUT2D eigenvalue weighted by molar-refractivity contribution is 6.26. The third kappa shape index (κ3) is 5.40. The lowest BCUT2D eigenvalue weighted by molar-refractivity contribution is 1.15. The molecular weight excluding hydrogens is 733 g/mol. The van der Waals surface area contributed by atoms with Crippen LogP contribution in [0.1, 0.15) is 11.1 Å². The molecule has 0 unspecified atom stereocenters. The normalized spacial score (nSPS) is 11.3. The van der Waals surface area contributed by atoms with Gasteiger partial charge in [0, 0.05) is 55.2 Å². The molecule has 11 aromatic rings.